The minimum absolute atomic E-state index is 0.0206. The number of nitro groups is 1. The number of halogens is 2. The number of nitro benzene ring substituents is 1. The van der Waals surface area contributed by atoms with Crippen LogP contribution in [0.4, 0.5) is 5.69 Å². The van der Waals surface area contributed by atoms with Gasteiger partial charge in [-0.15, -0.1) is 0 Å². The van der Waals surface area contributed by atoms with Crippen LogP contribution in [0.2, 0.25) is 10.0 Å². The quantitative estimate of drug-likeness (QED) is 0.148. The lowest BCUT2D eigenvalue weighted by Gasteiger charge is -2.09. The monoisotopic (exact) mass is 474 g/mol. The predicted octanol–water partition coefficient (Wildman–Crippen LogP) is 5.73. The van der Waals surface area contributed by atoms with Crippen LogP contribution in [-0.4, -0.2) is 13.3 Å². The van der Waals surface area contributed by atoms with Gasteiger partial charge in [0, 0.05) is 17.2 Å². The van der Waals surface area contributed by atoms with Gasteiger partial charge in [-0.1, -0.05) is 29.3 Å². The third kappa shape index (κ3) is 5.41. The molecular weight excluding hydrogens is 463 g/mol. The molecule has 0 amide bonds. The van der Waals surface area contributed by atoms with E-state index < -0.39 is 15.0 Å². The Morgan fingerprint density at radius 2 is 1.68 bits per heavy atom. The fraction of sp³-hybridized carbons (Fsp3) is 0. The Morgan fingerprint density at radius 1 is 1.03 bits per heavy atom. The maximum atomic E-state index is 12.4. The molecule has 0 radical (unpaired) electrons. The minimum Gasteiger partial charge on any atom is -0.377 e. The van der Waals surface area contributed by atoms with Gasteiger partial charge in [0.25, 0.3) is 5.69 Å². The largest absolute Gasteiger partial charge is 0.377 e. The zero-order chi connectivity index (χ0) is 22.6. The second kappa shape index (κ2) is 9.18. The van der Waals surface area contributed by atoms with Gasteiger partial charge in [0.2, 0.25) is 0 Å². The first-order chi connectivity index (χ1) is 14.7. The van der Waals surface area contributed by atoms with Crippen LogP contribution < -0.4 is 4.18 Å². The number of hydrogen-bond acceptors (Lipinski definition) is 6. The Bertz CT molecular complexity index is 1310. The molecule has 0 atom stereocenters. The third-order valence-electron chi connectivity index (χ3n) is 4.08. The van der Waals surface area contributed by atoms with Crippen molar-refractivity contribution in [1.29, 1.82) is 5.26 Å². The van der Waals surface area contributed by atoms with Crippen molar-refractivity contribution in [3.63, 3.8) is 0 Å². The molecule has 0 fully saturated rings. The van der Waals surface area contributed by atoms with Crippen LogP contribution in [0.3, 0.4) is 0 Å². The van der Waals surface area contributed by atoms with Crippen molar-refractivity contribution in [2.45, 2.75) is 4.90 Å². The molecule has 10 heteroatoms. The maximum absolute atomic E-state index is 12.4. The summed E-state index contributed by atoms with van der Waals surface area (Å²) >= 11 is 11.9. The van der Waals surface area contributed by atoms with Crippen molar-refractivity contribution in [2.75, 3.05) is 0 Å². The third-order valence-corrected chi connectivity index (χ3v) is 5.87. The van der Waals surface area contributed by atoms with Gasteiger partial charge in [-0.25, -0.2) is 0 Å². The summed E-state index contributed by atoms with van der Waals surface area (Å²) in [6.07, 6.45) is 1.52. The molecule has 0 bridgehead atoms. The lowest BCUT2D eigenvalue weighted by molar-refractivity contribution is -0.384. The lowest BCUT2D eigenvalue weighted by atomic mass is 10.0. The molecule has 31 heavy (non-hydrogen) atoms. The van der Waals surface area contributed by atoms with Crippen LogP contribution in [-0.2, 0) is 10.1 Å². The average molecular weight is 475 g/mol. The molecule has 0 saturated carbocycles. The standard InChI is InChI=1S/C21H12Cl2N2O5S/c22-17-4-8-19(9-5-17)31(28,29)30-21-10-1-14(12-20(21)23)11-16(13-24)15-2-6-18(7-3-15)25(26)27/h1-12H/b16-11+. The molecule has 0 N–H and O–H groups in total. The van der Waals surface area contributed by atoms with Crippen molar-refractivity contribution in [2.24, 2.45) is 0 Å². The van der Waals surface area contributed by atoms with Crippen molar-refractivity contribution < 1.29 is 17.5 Å². The maximum Gasteiger partial charge on any atom is 0.339 e. The van der Waals surface area contributed by atoms with Crippen molar-refractivity contribution in [1.82, 2.24) is 0 Å². The summed E-state index contributed by atoms with van der Waals surface area (Å²) in [5.41, 5.74) is 1.15. The number of nitrogens with zero attached hydrogens (tertiary/aromatic N) is 2. The summed E-state index contributed by atoms with van der Waals surface area (Å²) in [5.74, 6) is -0.0809. The topological polar surface area (TPSA) is 110 Å². The number of allylic oxidation sites excluding steroid dienone is 1. The molecule has 3 rings (SSSR count). The van der Waals surface area contributed by atoms with Crippen molar-refractivity contribution in [3.05, 3.63) is 98.0 Å². The second-order valence-electron chi connectivity index (χ2n) is 6.16. The van der Waals surface area contributed by atoms with Gasteiger partial charge in [-0.2, -0.15) is 13.7 Å². The normalized spacial score (nSPS) is 11.6. The predicted molar refractivity (Wildman–Crippen MR) is 117 cm³/mol. The molecular formula is C21H12Cl2N2O5S. The van der Waals surface area contributed by atoms with Crippen LogP contribution in [0.15, 0.2) is 71.6 Å². The molecule has 0 aliphatic rings. The van der Waals surface area contributed by atoms with E-state index in [4.69, 9.17) is 27.4 Å². The number of non-ortho nitro benzene ring substituents is 1. The molecule has 156 valence electrons. The lowest BCUT2D eigenvalue weighted by Crippen LogP contribution is -2.09. The van der Waals surface area contributed by atoms with Gasteiger partial charge < -0.3 is 4.18 Å². The highest BCUT2D eigenvalue weighted by atomic mass is 35.5. The van der Waals surface area contributed by atoms with Gasteiger partial charge >= 0.3 is 10.1 Å². The first kappa shape index (κ1) is 22.3. The smallest absolute Gasteiger partial charge is 0.339 e. The van der Waals surface area contributed by atoms with Crippen LogP contribution in [0, 0.1) is 21.4 Å². The van der Waals surface area contributed by atoms with E-state index in [0.29, 0.717) is 16.1 Å². The molecule has 3 aromatic rings. The fourth-order valence-electron chi connectivity index (χ4n) is 2.55. The molecule has 0 aliphatic carbocycles. The van der Waals surface area contributed by atoms with E-state index in [-0.39, 0.29) is 26.9 Å². The molecule has 0 aliphatic heterocycles. The summed E-state index contributed by atoms with van der Waals surface area (Å²) < 4.78 is 29.9. The molecule has 7 nitrogen and oxygen atoms in total. The average Bonchev–Trinajstić information content (AvgIpc) is 2.74. The van der Waals surface area contributed by atoms with Crippen LogP contribution in [0.1, 0.15) is 11.1 Å². The Kier molecular flexibility index (Phi) is 6.61. The number of hydrogen-bond donors (Lipinski definition) is 0. The summed E-state index contributed by atoms with van der Waals surface area (Å²) in [6, 6.07) is 17.4. The van der Waals surface area contributed by atoms with E-state index in [2.05, 4.69) is 0 Å². The summed E-state index contributed by atoms with van der Waals surface area (Å²) in [5, 5.41) is 20.6. The van der Waals surface area contributed by atoms with Crippen LogP contribution in [0.5, 0.6) is 5.75 Å². The Labute approximate surface area is 188 Å². The Morgan fingerprint density at radius 3 is 2.23 bits per heavy atom. The molecule has 0 heterocycles. The molecule has 0 unspecified atom stereocenters. The number of benzene rings is 3. The highest BCUT2D eigenvalue weighted by Crippen LogP contribution is 2.30. The second-order valence-corrected chi connectivity index (χ2v) is 8.54. The zero-order valence-corrected chi connectivity index (χ0v) is 17.9. The summed E-state index contributed by atoms with van der Waals surface area (Å²) in [7, 11) is -4.11. The minimum atomic E-state index is -4.11. The molecule has 0 saturated heterocycles. The van der Waals surface area contributed by atoms with Crippen molar-refractivity contribution >= 4 is 50.7 Å². The van der Waals surface area contributed by atoms with E-state index in [0.717, 1.165) is 0 Å². The van der Waals surface area contributed by atoms with Crippen LogP contribution in [0.25, 0.3) is 11.6 Å². The first-order valence-electron chi connectivity index (χ1n) is 8.56. The van der Waals surface area contributed by atoms with Crippen molar-refractivity contribution in [3.8, 4) is 11.8 Å². The van der Waals surface area contributed by atoms with Gasteiger partial charge in [0.15, 0.2) is 5.75 Å². The van der Waals surface area contributed by atoms with E-state index in [1.165, 1.54) is 72.8 Å². The highest BCUT2D eigenvalue weighted by molar-refractivity contribution is 7.87. The first-order valence-corrected chi connectivity index (χ1v) is 10.7. The fourth-order valence-corrected chi connectivity index (χ4v) is 3.90. The van der Waals surface area contributed by atoms with E-state index in [9.17, 15) is 23.8 Å². The Balaban J connectivity index is 1.86. The highest BCUT2D eigenvalue weighted by Gasteiger charge is 2.18. The molecule has 0 spiro atoms. The number of rotatable bonds is 6. The Hall–Kier alpha value is -3.38. The SMILES string of the molecule is N#C/C(=C\c1ccc(OS(=O)(=O)c2ccc(Cl)cc2)c(Cl)c1)c1ccc([N+](=O)[O-])cc1. The van der Waals surface area contributed by atoms with E-state index >= 15 is 0 Å². The zero-order valence-electron chi connectivity index (χ0n) is 15.5. The molecule has 3 aromatic carbocycles. The van der Waals surface area contributed by atoms with Gasteiger partial charge in [0.1, 0.15) is 4.90 Å². The van der Waals surface area contributed by atoms with Crippen LogP contribution >= 0.6 is 23.2 Å². The summed E-state index contributed by atoms with van der Waals surface area (Å²) in [6.45, 7) is 0. The van der Waals surface area contributed by atoms with E-state index in [1.807, 2.05) is 6.07 Å². The van der Waals surface area contributed by atoms with E-state index in [1.54, 1.807) is 0 Å². The van der Waals surface area contributed by atoms with Gasteiger partial charge in [-0.05, 0) is 65.7 Å². The van der Waals surface area contributed by atoms with Gasteiger partial charge in [-0.3, -0.25) is 10.1 Å². The van der Waals surface area contributed by atoms with Gasteiger partial charge in [0.05, 0.1) is 21.6 Å². The molecule has 0 aromatic heterocycles. The number of nitriles is 1. The summed E-state index contributed by atoms with van der Waals surface area (Å²) in [4.78, 5) is 10.2.